The fourth-order valence-corrected chi connectivity index (χ4v) is 2.59. The quantitative estimate of drug-likeness (QED) is 0.692. The first-order valence-corrected chi connectivity index (χ1v) is 9.07. The maximum absolute atomic E-state index is 13.8. The van der Waals surface area contributed by atoms with E-state index in [9.17, 15) is 23.2 Å². The predicted molar refractivity (Wildman–Crippen MR) is 103 cm³/mol. The third-order valence-corrected chi connectivity index (χ3v) is 4.09. The van der Waals surface area contributed by atoms with Crippen LogP contribution in [0.1, 0.15) is 41.5 Å². The van der Waals surface area contributed by atoms with Gasteiger partial charge >= 0.3 is 5.97 Å². The number of hydrogen-bond acceptors (Lipinski definition) is 4. The largest absolute Gasteiger partial charge is 0.462 e. The zero-order valence-corrected chi connectivity index (χ0v) is 16.3. The Balaban J connectivity index is 2.11. The van der Waals surface area contributed by atoms with Gasteiger partial charge in [0, 0.05) is 5.69 Å². The Morgan fingerprint density at radius 1 is 1.00 bits per heavy atom. The van der Waals surface area contributed by atoms with Crippen molar-refractivity contribution in [1.29, 1.82) is 0 Å². The number of carbonyl (C=O) groups is 3. The van der Waals surface area contributed by atoms with Crippen molar-refractivity contribution in [3.05, 3.63) is 65.2 Å². The molecule has 0 aromatic heterocycles. The lowest BCUT2D eigenvalue weighted by Crippen LogP contribution is -2.47. The van der Waals surface area contributed by atoms with Crippen LogP contribution in [0.15, 0.2) is 42.5 Å². The maximum Gasteiger partial charge on any atom is 0.338 e. The molecule has 0 aliphatic heterocycles. The maximum atomic E-state index is 13.8. The molecule has 0 fully saturated rings. The summed E-state index contributed by atoms with van der Waals surface area (Å²) in [5.41, 5.74) is -0.0293. The van der Waals surface area contributed by atoms with E-state index in [0.29, 0.717) is 11.3 Å². The smallest absolute Gasteiger partial charge is 0.338 e. The van der Waals surface area contributed by atoms with Crippen LogP contribution in [0.4, 0.5) is 14.5 Å². The standard InChI is InChI=1S/C21H22F2N2O4/c1-4-29-21(28)13-8-10-14(11-9-13)24-20(27)18(12(2)3)25-19(26)17-15(22)6-5-7-16(17)23/h5-12,18H,4H2,1-3H3,(H,24,27)(H,25,26). The second kappa shape index (κ2) is 9.77. The summed E-state index contributed by atoms with van der Waals surface area (Å²) in [5.74, 6) is -4.45. The summed E-state index contributed by atoms with van der Waals surface area (Å²) in [7, 11) is 0. The average molecular weight is 404 g/mol. The molecule has 29 heavy (non-hydrogen) atoms. The third kappa shape index (κ3) is 5.60. The zero-order chi connectivity index (χ0) is 21.6. The van der Waals surface area contributed by atoms with Gasteiger partial charge in [-0.25, -0.2) is 13.6 Å². The highest BCUT2D eigenvalue weighted by molar-refractivity contribution is 6.01. The number of benzene rings is 2. The molecule has 2 N–H and O–H groups in total. The van der Waals surface area contributed by atoms with Gasteiger partial charge in [0.2, 0.25) is 5.91 Å². The molecule has 0 bridgehead atoms. The zero-order valence-electron chi connectivity index (χ0n) is 16.3. The Morgan fingerprint density at radius 3 is 2.10 bits per heavy atom. The molecule has 2 aromatic carbocycles. The summed E-state index contributed by atoms with van der Waals surface area (Å²) in [6.07, 6.45) is 0. The van der Waals surface area contributed by atoms with E-state index in [1.54, 1.807) is 20.8 Å². The number of nitrogens with one attached hydrogen (secondary N) is 2. The highest BCUT2D eigenvalue weighted by atomic mass is 19.1. The Hall–Kier alpha value is -3.29. The molecule has 0 spiro atoms. The van der Waals surface area contributed by atoms with Gasteiger partial charge in [-0.05, 0) is 49.2 Å². The molecule has 2 amide bonds. The van der Waals surface area contributed by atoms with E-state index < -0.39 is 41.0 Å². The number of esters is 1. The van der Waals surface area contributed by atoms with Crippen LogP contribution in [0.25, 0.3) is 0 Å². The molecule has 2 aromatic rings. The number of hydrogen-bond donors (Lipinski definition) is 2. The van der Waals surface area contributed by atoms with Crippen LogP contribution in [-0.2, 0) is 9.53 Å². The van der Waals surface area contributed by atoms with Gasteiger partial charge in [-0.2, -0.15) is 0 Å². The highest BCUT2D eigenvalue weighted by Crippen LogP contribution is 2.15. The fourth-order valence-electron chi connectivity index (χ4n) is 2.59. The predicted octanol–water partition coefficient (Wildman–Crippen LogP) is 3.53. The van der Waals surface area contributed by atoms with Crippen LogP contribution in [0.2, 0.25) is 0 Å². The van der Waals surface area contributed by atoms with Crippen molar-refractivity contribution in [2.45, 2.75) is 26.8 Å². The van der Waals surface area contributed by atoms with Gasteiger partial charge < -0.3 is 15.4 Å². The third-order valence-electron chi connectivity index (χ3n) is 4.09. The van der Waals surface area contributed by atoms with Gasteiger partial charge in [-0.15, -0.1) is 0 Å². The number of anilines is 1. The number of carbonyl (C=O) groups excluding carboxylic acids is 3. The summed E-state index contributed by atoms with van der Waals surface area (Å²) in [5, 5.41) is 4.99. The fraction of sp³-hybridized carbons (Fsp3) is 0.286. The van der Waals surface area contributed by atoms with Crippen LogP contribution >= 0.6 is 0 Å². The molecule has 0 radical (unpaired) electrons. The SMILES string of the molecule is CCOC(=O)c1ccc(NC(=O)C(NC(=O)c2c(F)cccc2F)C(C)C)cc1. The molecule has 1 unspecified atom stereocenters. The van der Waals surface area contributed by atoms with Crippen molar-refractivity contribution in [3.8, 4) is 0 Å². The molecule has 0 aliphatic rings. The van der Waals surface area contributed by atoms with Gasteiger partial charge in [0.15, 0.2) is 0 Å². The van der Waals surface area contributed by atoms with Gasteiger partial charge in [-0.1, -0.05) is 19.9 Å². The van der Waals surface area contributed by atoms with E-state index in [-0.39, 0.29) is 12.5 Å². The summed E-state index contributed by atoms with van der Waals surface area (Å²) in [6, 6.07) is 8.05. The number of ether oxygens (including phenoxy) is 1. The van der Waals surface area contributed by atoms with Gasteiger partial charge in [-0.3, -0.25) is 9.59 Å². The van der Waals surface area contributed by atoms with Crippen molar-refractivity contribution in [3.63, 3.8) is 0 Å². The van der Waals surface area contributed by atoms with E-state index in [0.717, 1.165) is 18.2 Å². The van der Waals surface area contributed by atoms with E-state index in [2.05, 4.69) is 10.6 Å². The second-order valence-electron chi connectivity index (χ2n) is 6.58. The number of rotatable bonds is 7. The van der Waals surface area contributed by atoms with Gasteiger partial charge in [0.1, 0.15) is 23.2 Å². The van der Waals surface area contributed by atoms with Crippen molar-refractivity contribution in [2.75, 3.05) is 11.9 Å². The first-order chi connectivity index (χ1) is 13.7. The molecule has 0 saturated carbocycles. The van der Waals surface area contributed by atoms with Crippen molar-refractivity contribution >= 4 is 23.5 Å². The molecule has 2 rings (SSSR count). The summed E-state index contributed by atoms with van der Waals surface area (Å²) in [6.45, 7) is 5.31. The van der Waals surface area contributed by atoms with E-state index >= 15 is 0 Å². The molecular formula is C21H22F2N2O4. The lowest BCUT2D eigenvalue weighted by molar-refractivity contribution is -0.118. The van der Waals surface area contributed by atoms with Crippen LogP contribution in [0.3, 0.4) is 0 Å². The van der Waals surface area contributed by atoms with E-state index in [4.69, 9.17) is 4.74 Å². The minimum atomic E-state index is -1.04. The van der Waals surface area contributed by atoms with Crippen LogP contribution < -0.4 is 10.6 Å². The summed E-state index contributed by atoms with van der Waals surface area (Å²) in [4.78, 5) is 36.6. The monoisotopic (exact) mass is 404 g/mol. The lowest BCUT2D eigenvalue weighted by atomic mass is 10.0. The first kappa shape index (κ1) is 22.0. The summed E-state index contributed by atoms with van der Waals surface area (Å²) < 4.78 is 32.5. The van der Waals surface area contributed by atoms with E-state index in [1.165, 1.54) is 24.3 Å². The topological polar surface area (TPSA) is 84.5 Å². The minimum Gasteiger partial charge on any atom is -0.462 e. The van der Waals surface area contributed by atoms with Crippen molar-refractivity contribution < 1.29 is 27.9 Å². The lowest BCUT2D eigenvalue weighted by Gasteiger charge is -2.22. The van der Waals surface area contributed by atoms with Gasteiger partial charge in [0.05, 0.1) is 12.2 Å². The first-order valence-electron chi connectivity index (χ1n) is 9.07. The van der Waals surface area contributed by atoms with Crippen LogP contribution in [0.5, 0.6) is 0 Å². The molecule has 1 atom stereocenters. The molecule has 0 heterocycles. The average Bonchev–Trinajstić information content (AvgIpc) is 2.66. The molecule has 6 nitrogen and oxygen atoms in total. The molecule has 0 saturated heterocycles. The number of amides is 2. The number of halogens is 2. The Labute approximate surface area is 167 Å². The van der Waals surface area contributed by atoms with Crippen LogP contribution in [-0.4, -0.2) is 30.4 Å². The Morgan fingerprint density at radius 2 is 1.59 bits per heavy atom. The highest BCUT2D eigenvalue weighted by Gasteiger charge is 2.27. The Kier molecular flexibility index (Phi) is 7.41. The molecular weight excluding hydrogens is 382 g/mol. The molecule has 0 aliphatic carbocycles. The van der Waals surface area contributed by atoms with E-state index in [1.807, 2.05) is 0 Å². The van der Waals surface area contributed by atoms with Gasteiger partial charge in [0.25, 0.3) is 5.91 Å². The summed E-state index contributed by atoms with van der Waals surface area (Å²) >= 11 is 0. The second-order valence-corrected chi connectivity index (χ2v) is 6.58. The van der Waals surface area contributed by atoms with Crippen molar-refractivity contribution in [2.24, 2.45) is 5.92 Å². The normalized spacial score (nSPS) is 11.7. The molecule has 8 heteroatoms. The Bertz CT molecular complexity index is 878. The minimum absolute atomic E-state index is 0.246. The van der Waals surface area contributed by atoms with Crippen LogP contribution in [0, 0.1) is 17.6 Å². The molecule has 154 valence electrons. The van der Waals surface area contributed by atoms with Crippen molar-refractivity contribution in [1.82, 2.24) is 5.32 Å².